The lowest BCUT2D eigenvalue weighted by atomic mass is 9.48. The van der Waals surface area contributed by atoms with Crippen LogP contribution < -0.4 is 0 Å². The highest BCUT2D eigenvalue weighted by atomic mass is 16.3. The summed E-state index contributed by atoms with van der Waals surface area (Å²) in [6.45, 7) is 10.7. The Morgan fingerprint density at radius 1 is 1.13 bits per heavy atom. The van der Waals surface area contributed by atoms with Gasteiger partial charge in [0, 0.05) is 6.42 Å². The minimum Gasteiger partial charge on any atom is -0.390 e. The fraction of sp³-hybridized carbons (Fsp3) is 0.815. The predicted octanol–water partition coefficient (Wildman–Crippen LogP) is 5.46. The summed E-state index contributed by atoms with van der Waals surface area (Å²) in [6, 6.07) is 0. The van der Waals surface area contributed by atoms with Gasteiger partial charge >= 0.3 is 0 Å². The van der Waals surface area contributed by atoms with Crippen LogP contribution in [0.4, 0.5) is 0 Å². The highest BCUT2D eigenvalue weighted by molar-refractivity contribution is 5.92. The Labute approximate surface area is 183 Å². The van der Waals surface area contributed by atoms with Gasteiger partial charge in [-0.2, -0.15) is 0 Å². The van der Waals surface area contributed by atoms with Crippen molar-refractivity contribution >= 4 is 5.78 Å². The molecule has 4 aliphatic rings. The highest BCUT2D eigenvalue weighted by Crippen LogP contribution is 2.66. The summed E-state index contributed by atoms with van der Waals surface area (Å²) in [4.78, 5) is 12.0. The molecule has 30 heavy (non-hydrogen) atoms. The van der Waals surface area contributed by atoms with Crippen molar-refractivity contribution in [2.24, 2.45) is 40.4 Å². The maximum atomic E-state index is 12.0. The van der Waals surface area contributed by atoms with Gasteiger partial charge < -0.3 is 10.2 Å². The van der Waals surface area contributed by atoms with Gasteiger partial charge in [-0.1, -0.05) is 32.9 Å². The Morgan fingerprint density at radius 3 is 2.57 bits per heavy atom. The quantitative estimate of drug-likeness (QED) is 0.628. The predicted molar refractivity (Wildman–Crippen MR) is 121 cm³/mol. The number of ketones is 1. The average Bonchev–Trinajstić information content (AvgIpc) is 3.03. The van der Waals surface area contributed by atoms with Gasteiger partial charge in [0.15, 0.2) is 5.78 Å². The second kappa shape index (κ2) is 7.59. The van der Waals surface area contributed by atoms with E-state index in [1.807, 2.05) is 6.08 Å². The Bertz CT molecular complexity index is 744. The topological polar surface area (TPSA) is 57.5 Å². The lowest BCUT2D eigenvalue weighted by Crippen LogP contribution is -2.49. The lowest BCUT2D eigenvalue weighted by molar-refractivity contribution is -0.116. The van der Waals surface area contributed by atoms with Crippen LogP contribution in [-0.4, -0.2) is 27.7 Å². The molecule has 2 N–H and O–H groups in total. The molecule has 2 saturated carbocycles. The number of carbonyl (C=O) groups excluding carboxylic acids is 1. The molecule has 168 valence electrons. The summed E-state index contributed by atoms with van der Waals surface area (Å²) < 4.78 is 0. The molecule has 0 aliphatic heterocycles. The van der Waals surface area contributed by atoms with E-state index in [0.29, 0.717) is 47.7 Å². The number of rotatable bonds is 5. The Balaban J connectivity index is 1.51. The van der Waals surface area contributed by atoms with Crippen molar-refractivity contribution in [3.05, 3.63) is 23.8 Å². The zero-order chi connectivity index (χ0) is 21.9. The second-order valence-corrected chi connectivity index (χ2v) is 12.1. The standard InChI is InChI=1S/C27H42O3/c1-17(6-11-24(29)25(2,3)30)21-9-10-22-20-8-7-18-16-19(28)12-14-26(18,4)23(20)13-15-27(21,22)5/h7-8,16-17,20-24,29-30H,6,9-15H2,1-5H3/t17-,20+,21-,22+,23?,24?,26+,27-/m1/s1. The third kappa shape index (κ3) is 3.54. The molecule has 4 aliphatic carbocycles. The molecule has 0 heterocycles. The van der Waals surface area contributed by atoms with Crippen molar-refractivity contribution < 1.29 is 15.0 Å². The maximum Gasteiger partial charge on any atom is 0.156 e. The first kappa shape index (κ1) is 22.3. The van der Waals surface area contributed by atoms with Crippen molar-refractivity contribution in [1.29, 1.82) is 0 Å². The first-order valence-corrected chi connectivity index (χ1v) is 12.3. The summed E-state index contributed by atoms with van der Waals surface area (Å²) in [6.07, 6.45) is 14.6. The Kier molecular flexibility index (Phi) is 5.63. The van der Waals surface area contributed by atoms with Gasteiger partial charge in [0.1, 0.15) is 0 Å². The molecule has 0 spiro atoms. The van der Waals surface area contributed by atoms with Crippen LogP contribution in [0.2, 0.25) is 0 Å². The van der Waals surface area contributed by atoms with E-state index in [4.69, 9.17) is 0 Å². The van der Waals surface area contributed by atoms with Crippen molar-refractivity contribution in [2.75, 3.05) is 0 Å². The van der Waals surface area contributed by atoms with Gasteiger partial charge in [0.25, 0.3) is 0 Å². The van der Waals surface area contributed by atoms with Crippen molar-refractivity contribution in [2.45, 2.75) is 97.7 Å². The van der Waals surface area contributed by atoms with E-state index in [2.05, 4.69) is 32.9 Å². The summed E-state index contributed by atoms with van der Waals surface area (Å²) in [5.74, 6) is 3.61. The van der Waals surface area contributed by atoms with Gasteiger partial charge in [0.05, 0.1) is 11.7 Å². The lowest BCUT2D eigenvalue weighted by Gasteiger charge is -2.56. The smallest absolute Gasteiger partial charge is 0.156 e. The normalized spacial score (nSPS) is 42.8. The van der Waals surface area contributed by atoms with E-state index in [1.54, 1.807) is 13.8 Å². The molecule has 0 saturated heterocycles. The van der Waals surface area contributed by atoms with Crippen molar-refractivity contribution in [3.8, 4) is 0 Å². The molecule has 0 radical (unpaired) electrons. The van der Waals surface area contributed by atoms with Gasteiger partial charge in [-0.3, -0.25) is 4.79 Å². The number of hydrogen-bond donors (Lipinski definition) is 2. The maximum absolute atomic E-state index is 12.0. The fourth-order valence-electron chi connectivity index (χ4n) is 7.95. The molecular weight excluding hydrogens is 372 g/mol. The third-order valence-electron chi connectivity index (χ3n) is 9.99. The van der Waals surface area contributed by atoms with Gasteiger partial charge in [0.2, 0.25) is 0 Å². The third-order valence-corrected chi connectivity index (χ3v) is 9.99. The van der Waals surface area contributed by atoms with Crippen LogP contribution in [0, 0.1) is 40.4 Å². The van der Waals surface area contributed by atoms with Crippen LogP contribution in [0.3, 0.4) is 0 Å². The molecule has 3 heteroatoms. The molecular formula is C27H42O3. The largest absolute Gasteiger partial charge is 0.390 e. The summed E-state index contributed by atoms with van der Waals surface area (Å²) >= 11 is 0. The molecule has 8 atom stereocenters. The second-order valence-electron chi connectivity index (χ2n) is 12.1. The van der Waals surface area contributed by atoms with Crippen LogP contribution in [-0.2, 0) is 4.79 Å². The summed E-state index contributed by atoms with van der Waals surface area (Å²) in [7, 11) is 0. The number of aliphatic hydroxyl groups is 2. The summed E-state index contributed by atoms with van der Waals surface area (Å²) in [5, 5.41) is 20.4. The minimum atomic E-state index is -1.02. The van der Waals surface area contributed by atoms with E-state index >= 15 is 0 Å². The molecule has 2 unspecified atom stereocenters. The van der Waals surface area contributed by atoms with E-state index in [-0.39, 0.29) is 5.41 Å². The molecule has 4 rings (SSSR count). The molecule has 0 bridgehead atoms. The minimum absolute atomic E-state index is 0.176. The van der Waals surface area contributed by atoms with Crippen LogP contribution in [0.5, 0.6) is 0 Å². The Morgan fingerprint density at radius 2 is 1.87 bits per heavy atom. The number of hydrogen-bond acceptors (Lipinski definition) is 3. The van der Waals surface area contributed by atoms with Crippen LogP contribution >= 0.6 is 0 Å². The first-order chi connectivity index (χ1) is 14.0. The molecule has 0 aromatic rings. The zero-order valence-electron chi connectivity index (χ0n) is 19.7. The SMILES string of the molecule is C[C@H](CCC(O)C(C)(C)O)[C@H]1CC[C@H]2[C@@H]3C=CC4=CC(=O)CC[C@]4(C)C3CC[C@]12C. The molecule has 0 amide bonds. The monoisotopic (exact) mass is 414 g/mol. The number of fused-ring (bicyclic) bond motifs is 5. The van der Waals surface area contributed by atoms with E-state index < -0.39 is 11.7 Å². The molecule has 0 aromatic carbocycles. The van der Waals surface area contributed by atoms with Crippen molar-refractivity contribution in [3.63, 3.8) is 0 Å². The average molecular weight is 415 g/mol. The number of allylic oxidation sites excluding steroid dienone is 4. The zero-order valence-corrected chi connectivity index (χ0v) is 19.7. The van der Waals surface area contributed by atoms with E-state index in [9.17, 15) is 15.0 Å². The van der Waals surface area contributed by atoms with Crippen LogP contribution in [0.25, 0.3) is 0 Å². The van der Waals surface area contributed by atoms with Crippen LogP contribution in [0.15, 0.2) is 23.8 Å². The number of aliphatic hydroxyl groups excluding tert-OH is 1. The van der Waals surface area contributed by atoms with Gasteiger partial charge in [-0.25, -0.2) is 0 Å². The molecule has 0 aromatic heterocycles. The number of carbonyl (C=O) groups is 1. The van der Waals surface area contributed by atoms with E-state index in [0.717, 1.165) is 18.8 Å². The highest BCUT2D eigenvalue weighted by Gasteiger charge is 2.58. The Hall–Kier alpha value is -0.930. The van der Waals surface area contributed by atoms with Crippen LogP contribution in [0.1, 0.15) is 86.0 Å². The van der Waals surface area contributed by atoms with E-state index in [1.165, 1.54) is 31.3 Å². The molecule has 2 fully saturated rings. The molecule has 3 nitrogen and oxygen atoms in total. The van der Waals surface area contributed by atoms with Gasteiger partial charge in [-0.05, 0) is 111 Å². The van der Waals surface area contributed by atoms with Crippen molar-refractivity contribution in [1.82, 2.24) is 0 Å². The first-order valence-electron chi connectivity index (χ1n) is 12.3. The fourth-order valence-corrected chi connectivity index (χ4v) is 7.95. The summed E-state index contributed by atoms with van der Waals surface area (Å²) in [5.41, 5.74) is 0.809. The van der Waals surface area contributed by atoms with Gasteiger partial charge in [-0.15, -0.1) is 0 Å².